The molecule has 1 aliphatic heterocycles. The number of hydrogen-bond acceptors (Lipinski definition) is 3. The molecule has 86 valence electrons. The molecule has 1 heterocycles. The number of rotatable bonds is 2. The van der Waals surface area contributed by atoms with Crippen molar-refractivity contribution in [1.29, 1.82) is 0 Å². The molecule has 2 rings (SSSR count). The molecule has 1 saturated heterocycles. The van der Waals surface area contributed by atoms with Crippen LogP contribution in [0, 0.1) is 11.8 Å². The summed E-state index contributed by atoms with van der Waals surface area (Å²) in [6.45, 7) is 4.23. The molecule has 1 amide bonds. The topological polar surface area (TPSA) is 58.6 Å². The maximum atomic E-state index is 11.6. The molecule has 1 aliphatic carbocycles. The van der Waals surface area contributed by atoms with Crippen LogP contribution in [0.5, 0.6) is 0 Å². The minimum Gasteiger partial charge on any atom is -0.390 e. The molecule has 2 fully saturated rings. The summed E-state index contributed by atoms with van der Waals surface area (Å²) in [5, 5.41) is 12.9. The first-order chi connectivity index (χ1) is 6.92. The van der Waals surface area contributed by atoms with Gasteiger partial charge in [-0.15, -0.1) is 0 Å². The van der Waals surface area contributed by atoms with Crippen LogP contribution >= 0.6 is 0 Å². The third-order valence-corrected chi connectivity index (χ3v) is 4.02. The van der Waals surface area contributed by atoms with Gasteiger partial charge >= 0.3 is 0 Å². The molecule has 0 aromatic rings. The van der Waals surface area contributed by atoms with E-state index in [1.165, 1.54) is 0 Å². The fourth-order valence-electron chi connectivity index (χ4n) is 3.17. The first-order valence-corrected chi connectivity index (χ1v) is 5.47. The van der Waals surface area contributed by atoms with Gasteiger partial charge in [-0.05, 0) is 26.7 Å². The lowest BCUT2D eigenvalue weighted by Crippen LogP contribution is -2.70. The lowest BCUT2D eigenvalue weighted by molar-refractivity contribution is -0.234. The minimum absolute atomic E-state index is 0.0612. The number of amides is 1. The molecule has 1 saturated carbocycles. The van der Waals surface area contributed by atoms with Crippen molar-refractivity contribution in [1.82, 2.24) is 5.32 Å². The minimum atomic E-state index is -0.774. The van der Waals surface area contributed by atoms with Crippen LogP contribution in [0.4, 0.5) is 0 Å². The Bertz CT molecular complexity index is 284. The molecule has 0 bridgehead atoms. The number of methoxy groups -OCH3 is 1. The molecule has 0 aromatic heterocycles. The summed E-state index contributed by atoms with van der Waals surface area (Å²) in [4.78, 5) is 11.6. The van der Waals surface area contributed by atoms with E-state index in [-0.39, 0.29) is 17.7 Å². The van der Waals surface area contributed by atoms with Crippen LogP contribution in [0.15, 0.2) is 0 Å². The first kappa shape index (κ1) is 10.9. The summed E-state index contributed by atoms with van der Waals surface area (Å²) in [6, 6.07) is 0. The lowest BCUT2D eigenvalue weighted by atomic mass is 9.53. The smallest absolute Gasteiger partial charge is 0.226 e. The molecular weight excluding hydrogens is 194 g/mol. The summed E-state index contributed by atoms with van der Waals surface area (Å²) in [5.41, 5.74) is -1.20. The molecule has 0 spiro atoms. The maximum Gasteiger partial charge on any atom is 0.226 e. The highest BCUT2D eigenvalue weighted by atomic mass is 16.5. The zero-order valence-corrected chi connectivity index (χ0v) is 9.54. The number of ether oxygens (including phenoxy) is 1. The highest BCUT2D eigenvalue weighted by Crippen LogP contribution is 2.54. The van der Waals surface area contributed by atoms with Crippen LogP contribution in [-0.4, -0.2) is 35.9 Å². The Morgan fingerprint density at radius 3 is 2.80 bits per heavy atom. The maximum absolute atomic E-state index is 11.6. The predicted octanol–water partition coefficient (Wildman–Crippen LogP) is 0.299. The molecular formula is C11H19NO3. The van der Waals surface area contributed by atoms with Gasteiger partial charge in [0.05, 0.1) is 17.1 Å². The van der Waals surface area contributed by atoms with E-state index < -0.39 is 11.2 Å². The molecule has 3 unspecified atom stereocenters. The van der Waals surface area contributed by atoms with Crippen LogP contribution in [0.25, 0.3) is 0 Å². The molecule has 2 aliphatic rings. The van der Waals surface area contributed by atoms with Crippen LogP contribution in [-0.2, 0) is 9.53 Å². The second-order valence-corrected chi connectivity index (χ2v) is 5.19. The summed E-state index contributed by atoms with van der Waals surface area (Å²) >= 11 is 0. The van der Waals surface area contributed by atoms with Crippen molar-refractivity contribution >= 4 is 5.91 Å². The zero-order chi connectivity index (χ0) is 11.3. The fourth-order valence-corrected chi connectivity index (χ4v) is 3.17. The van der Waals surface area contributed by atoms with Crippen molar-refractivity contribution in [3.8, 4) is 0 Å². The second-order valence-electron chi connectivity index (χ2n) is 5.19. The highest BCUT2D eigenvalue weighted by molar-refractivity contribution is 5.82. The zero-order valence-electron chi connectivity index (χ0n) is 9.54. The highest BCUT2D eigenvalue weighted by Gasteiger charge is 2.63. The standard InChI is InChI=1S/C11H19NO3/c1-10(2,14)8-6-7-9(13)12-5-4-11(7,8)15-3/h7-8,14H,4-6H2,1-3H3,(H,12,13). The van der Waals surface area contributed by atoms with Crippen molar-refractivity contribution in [3.63, 3.8) is 0 Å². The van der Waals surface area contributed by atoms with E-state index in [4.69, 9.17) is 4.74 Å². The molecule has 2 N–H and O–H groups in total. The van der Waals surface area contributed by atoms with Crippen molar-refractivity contribution < 1.29 is 14.6 Å². The van der Waals surface area contributed by atoms with Gasteiger partial charge < -0.3 is 15.2 Å². The van der Waals surface area contributed by atoms with E-state index in [0.717, 1.165) is 12.8 Å². The average molecular weight is 213 g/mol. The van der Waals surface area contributed by atoms with Gasteiger partial charge in [0.2, 0.25) is 5.91 Å². The SMILES string of the molecule is COC12CCNC(=O)C1CC2C(C)(C)O. The van der Waals surface area contributed by atoms with Gasteiger partial charge in [-0.3, -0.25) is 4.79 Å². The van der Waals surface area contributed by atoms with E-state index in [2.05, 4.69) is 5.32 Å². The Hall–Kier alpha value is -0.610. The number of fused-ring (bicyclic) bond motifs is 1. The van der Waals surface area contributed by atoms with Gasteiger partial charge in [0, 0.05) is 19.6 Å². The number of aliphatic hydroxyl groups is 1. The van der Waals surface area contributed by atoms with Gasteiger partial charge in [-0.1, -0.05) is 0 Å². The average Bonchev–Trinajstić information content (AvgIpc) is 2.06. The Morgan fingerprint density at radius 2 is 2.27 bits per heavy atom. The van der Waals surface area contributed by atoms with Crippen LogP contribution in [0.3, 0.4) is 0 Å². The van der Waals surface area contributed by atoms with Gasteiger partial charge in [0.15, 0.2) is 0 Å². The fraction of sp³-hybridized carbons (Fsp3) is 0.909. The number of carbonyl (C=O) groups excluding carboxylic acids is 1. The van der Waals surface area contributed by atoms with Crippen molar-refractivity contribution in [2.24, 2.45) is 11.8 Å². The predicted molar refractivity (Wildman–Crippen MR) is 55.3 cm³/mol. The quantitative estimate of drug-likeness (QED) is 0.693. The molecule has 4 nitrogen and oxygen atoms in total. The Labute approximate surface area is 90.0 Å². The van der Waals surface area contributed by atoms with E-state index in [9.17, 15) is 9.90 Å². The van der Waals surface area contributed by atoms with E-state index in [1.807, 2.05) is 0 Å². The molecule has 0 aromatic carbocycles. The van der Waals surface area contributed by atoms with Crippen molar-refractivity contribution in [3.05, 3.63) is 0 Å². The second kappa shape index (κ2) is 3.19. The van der Waals surface area contributed by atoms with Crippen molar-refractivity contribution in [2.45, 2.75) is 37.9 Å². The number of piperidine rings is 1. The number of nitrogens with one attached hydrogen (secondary N) is 1. The summed E-state index contributed by atoms with van der Waals surface area (Å²) in [7, 11) is 1.64. The lowest BCUT2D eigenvalue weighted by Gasteiger charge is -2.59. The largest absolute Gasteiger partial charge is 0.390 e. The Morgan fingerprint density at radius 1 is 1.60 bits per heavy atom. The third-order valence-electron chi connectivity index (χ3n) is 4.02. The molecule has 3 atom stereocenters. The Balaban J connectivity index is 2.24. The molecule has 0 radical (unpaired) electrons. The van der Waals surface area contributed by atoms with Crippen LogP contribution in [0.1, 0.15) is 26.7 Å². The number of hydrogen-bond donors (Lipinski definition) is 2. The normalized spacial score (nSPS) is 40.4. The monoisotopic (exact) mass is 213 g/mol. The summed E-state index contributed by atoms with van der Waals surface area (Å²) in [5.74, 6) is 0.0577. The van der Waals surface area contributed by atoms with Gasteiger partial charge in [-0.25, -0.2) is 0 Å². The van der Waals surface area contributed by atoms with Gasteiger partial charge in [0.25, 0.3) is 0 Å². The number of carbonyl (C=O) groups is 1. The van der Waals surface area contributed by atoms with E-state index in [1.54, 1.807) is 21.0 Å². The van der Waals surface area contributed by atoms with Gasteiger partial charge in [-0.2, -0.15) is 0 Å². The third kappa shape index (κ3) is 1.39. The van der Waals surface area contributed by atoms with E-state index >= 15 is 0 Å². The van der Waals surface area contributed by atoms with Gasteiger partial charge in [0.1, 0.15) is 0 Å². The van der Waals surface area contributed by atoms with Crippen molar-refractivity contribution in [2.75, 3.05) is 13.7 Å². The molecule has 15 heavy (non-hydrogen) atoms. The van der Waals surface area contributed by atoms with E-state index in [0.29, 0.717) is 6.54 Å². The summed E-state index contributed by atoms with van der Waals surface area (Å²) in [6.07, 6.45) is 1.53. The van der Waals surface area contributed by atoms with Crippen LogP contribution in [0.2, 0.25) is 0 Å². The Kier molecular flexibility index (Phi) is 2.32. The molecule has 4 heteroatoms. The first-order valence-electron chi connectivity index (χ1n) is 5.47. The summed E-state index contributed by atoms with van der Waals surface area (Å²) < 4.78 is 5.57. The van der Waals surface area contributed by atoms with Crippen LogP contribution < -0.4 is 5.32 Å².